The number of rotatable bonds is 4. The third-order valence-corrected chi connectivity index (χ3v) is 3.55. The van der Waals surface area contributed by atoms with Crippen LogP contribution in [0.1, 0.15) is 11.3 Å². The first-order valence-corrected chi connectivity index (χ1v) is 6.90. The van der Waals surface area contributed by atoms with Crippen molar-refractivity contribution in [2.45, 2.75) is 13.0 Å². The summed E-state index contributed by atoms with van der Waals surface area (Å²) in [7, 11) is 0. The highest BCUT2D eigenvalue weighted by molar-refractivity contribution is 5.76. The Balaban J connectivity index is 2.13. The fourth-order valence-electron chi connectivity index (χ4n) is 2.57. The first-order chi connectivity index (χ1) is 10.2. The molecule has 0 amide bonds. The molecule has 3 rings (SSSR count). The molecule has 2 aromatic carbocycles. The van der Waals surface area contributed by atoms with Crippen molar-refractivity contribution in [2.75, 3.05) is 0 Å². The van der Waals surface area contributed by atoms with Crippen molar-refractivity contribution < 1.29 is 14.5 Å². The zero-order valence-corrected chi connectivity index (χ0v) is 11.6. The molecule has 0 radical (unpaired) electrons. The monoisotopic (exact) mass is 278 g/mol. The molecule has 0 bridgehead atoms. The van der Waals surface area contributed by atoms with E-state index in [0.717, 1.165) is 22.2 Å². The van der Waals surface area contributed by atoms with Crippen LogP contribution in [0.4, 0.5) is 0 Å². The number of aromatic nitrogens is 1. The average Bonchev–Trinajstić information content (AvgIpc) is 2.50. The summed E-state index contributed by atoms with van der Waals surface area (Å²) in [6.07, 6.45) is 0.0255. The Bertz CT molecular complexity index is 782. The maximum atomic E-state index is 11.1. The van der Waals surface area contributed by atoms with Crippen LogP contribution in [0.3, 0.4) is 0 Å². The summed E-state index contributed by atoms with van der Waals surface area (Å²) < 4.78 is 2.08. The van der Waals surface area contributed by atoms with Crippen molar-refractivity contribution >= 4 is 16.9 Å². The molecule has 0 spiro atoms. The fourth-order valence-corrected chi connectivity index (χ4v) is 2.57. The molecule has 1 N–H and O–H groups in total. The van der Waals surface area contributed by atoms with Gasteiger partial charge in [-0.15, -0.1) is 0 Å². The molecule has 21 heavy (non-hydrogen) atoms. The van der Waals surface area contributed by atoms with E-state index in [2.05, 4.69) is 16.7 Å². The third-order valence-electron chi connectivity index (χ3n) is 3.55. The van der Waals surface area contributed by atoms with E-state index in [1.165, 1.54) is 0 Å². The molecule has 3 aromatic rings. The maximum absolute atomic E-state index is 11.1. The Kier molecular flexibility index (Phi) is 3.65. The number of benzene rings is 2. The van der Waals surface area contributed by atoms with Crippen LogP contribution >= 0.6 is 0 Å². The van der Waals surface area contributed by atoms with Gasteiger partial charge in [-0.2, -0.15) is 4.57 Å². The number of fused-ring (bicyclic) bond motifs is 1. The minimum Gasteiger partial charge on any atom is -0.481 e. The van der Waals surface area contributed by atoms with Crippen molar-refractivity contribution in [1.29, 1.82) is 0 Å². The number of carbonyl (C=O) groups is 1. The number of hydrogen-bond acceptors (Lipinski definition) is 1. The Morgan fingerprint density at radius 3 is 2.38 bits per heavy atom. The molecule has 0 saturated heterocycles. The summed E-state index contributed by atoms with van der Waals surface area (Å²) in [5, 5.41) is 10.2. The van der Waals surface area contributed by atoms with Crippen molar-refractivity contribution in [3.05, 3.63) is 78.0 Å². The van der Waals surface area contributed by atoms with Crippen LogP contribution < -0.4 is 4.57 Å². The quantitative estimate of drug-likeness (QED) is 0.746. The molecule has 0 saturated carbocycles. The first kappa shape index (κ1) is 13.3. The molecule has 3 heteroatoms. The van der Waals surface area contributed by atoms with Crippen LogP contribution in [-0.2, 0) is 17.8 Å². The molecule has 0 aliphatic rings. The first-order valence-electron chi connectivity index (χ1n) is 6.90. The van der Waals surface area contributed by atoms with E-state index in [1.54, 1.807) is 0 Å². The van der Waals surface area contributed by atoms with Gasteiger partial charge in [0, 0.05) is 23.1 Å². The highest BCUT2D eigenvalue weighted by atomic mass is 16.4. The van der Waals surface area contributed by atoms with Gasteiger partial charge in [0.2, 0.25) is 5.52 Å². The molecule has 1 heterocycles. The van der Waals surface area contributed by atoms with Gasteiger partial charge in [0.15, 0.2) is 12.2 Å². The summed E-state index contributed by atoms with van der Waals surface area (Å²) in [5.41, 5.74) is 3.02. The summed E-state index contributed by atoms with van der Waals surface area (Å²) in [4.78, 5) is 11.1. The zero-order chi connectivity index (χ0) is 14.7. The van der Waals surface area contributed by atoms with Crippen molar-refractivity contribution in [1.82, 2.24) is 0 Å². The molecule has 0 aliphatic heterocycles. The number of carboxylic acid groups (broad SMARTS) is 1. The second-order valence-corrected chi connectivity index (χ2v) is 5.03. The van der Waals surface area contributed by atoms with Gasteiger partial charge in [0.1, 0.15) is 6.42 Å². The Hall–Kier alpha value is -2.68. The van der Waals surface area contributed by atoms with Crippen molar-refractivity contribution in [2.24, 2.45) is 0 Å². The molecule has 0 atom stereocenters. The highest BCUT2D eigenvalue weighted by Gasteiger charge is 2.18. The predicted octanol–water partition coefficient (Wildman–Crippen LogP) is 2.80. The van der Waals surface area contributed by atoms with E-state index in [-0.39, 0.29) is 6.42 Å². The van der Waals surface area contributed by atoms with Gasteiger partial charge in [-0.25, -0.2) is 0 Å². The number of carboxylic acids is 1. The molecule has 1 aromatic heterocycles. The van der Waals surface area contributed by atoms with Crippen LogP contribution in [0.5, 0.6) is 0 Å². The summed E-state index contributed by atoms with van der Waals surface area (Å²) in [6, 6.07) is 22.0. The zero-order valence-electron chi connectivity index (χ0n) is 11.6. The van der Waals surface area contributed by atoms with Gasteiger partial charge < -0.3 is 5.11 Å². The summed E-state index contributed by atoms with van der Waals surface area (Å²) in [5.74, 6) is -0.813. The molecular formula is C18H16NO2+. The van der Waals surface area contributed by atoms with Gasteiger partial charge in [-0.3, -0.25) is 4.79 Å². The Morgan fingerprint density at radius 2 is 1.62 bits per heavy atom. The largest absolute Gasteiger partial charge is 0.481 e. The van der Waals surface area contributed by atoms with E-state index in [4.69, 9.17) is 5.11 Å². The maximum Gasteiger partial charge on any atom is 0.314 e. The topological polar surface area (TPSA) is 41.2 Å². The second-order valence-electron chi connectivity index (χ2n) is 5.03. The van der Waals surface area contributed by atoms with E-state index in [9.17, 15) is 4.79 Å². The summed E-state index contributed by atoms with van der Waals surface area (Å²) >= 11 is 0. The second kappa shape index (κ2) is 5.75. The minimum atomic E-state index is -0.813. The molecule has 0 fully saturated rings. The lowest BCUT2D eigenvalue weighted by molar-refractivity contribution is -0.669. The molecule has 104 valence electrons. The van der Waals surface area contributed by atoms with Crippen LogP contribution in [-0.4, -0.2) is 11.1 Å². The summed E-state index contributed by atoms with van der Waals surface area (Å²) in [6.45, 7) is 0.671. The normalized spacial score (nSPS) is 10.7. The molecule has 0 unspecified atom stereocenters. The van der Waals surface area contributed by atoms with E-state index in [1.807, 2.05) is 54.6 Å². The van der Waals surface area contributed by atoms with Gasteiger partial charge in [0.05, 0.1) is 0 Å². The number of pyridine rings is 1. The van der Waals surface area contributed by atoms with Crippen LogP contribution in [0.15, 0.2) is 66.7 Å². The highest BCUT2D eigenvalue weighted by Crippen LogP contribution is 2.12. The predicted molar refractivity (Wildman–Crippen MR) is 81.0 cm³/mol. The standard InChI is InChI=1S/C18H15NO2/c20-18(21)12-16-11-10-15-8-4-5-9-17(15)19(16)13-14-6-2-1-3-7-14/h1-11H,12-13H2/p+1. The number of nitrogens with zero attached hydrogens (tertiary/aromatic N) is 1. The molecule has 0 aliphatic carbocycles. The lowest BCUT2D eigenvalue weighted by atomic mass is 10.1. The van der Waals surface area contributed by atoms with Crippen molar-refractivity contribution in [3.8, 4) is 0 Å². The lowest BCUT2D eigenvalue weighted by Gasteiger charge is -2.06. The SMILES string of the molecule is O=C(O)Cc1ccc2ccccc2[n+]1Cc1ccccc1. The Morgan fingerprint density at radius 1 is 0.905 bits per heavy atom. The lowest BCUT2D eigenvalue weighted by Crippen LogP contribution is -2.40. The average molecular weight is 278 g/mol. The van der Waals surface area contributed by atoms with Crippen molar-refractivity contribution in [3.63, 3.8) is 0 Å². The van der Waals surface area contributed by atoms with E-state index in [0.29, 0.717) is 6.54 Å². The third kappa shape index (κ3) is 2.92. The van der Waals surface area contributed by atoms with Crippen LogP contribution in [0, 0.1) is 0 Å². The van der Waals surface area contributed by atoms with Gasteiger partial charge in [-0.05, 0) is 12.1 Å². The van der Waals surface area contributed by atoms with E-state index >= 15 is 0 Å². The van der Waals surface area contributed by atoms with Gasteiger partial charge >= 0.3 is 5.97 Å². The number of hydrogen-bond donors (Lipinski definition) is 1. The number of para-hydroxylation sites is 1. The Labute approximate surface area is 123 Å². The van der Waals surface area contributed by atoms with Crippen LogP contribution in [0.25, 0.3) is 10.9 Å². The van der Waals surface area contributed by atoms with Gasteiger partial charge in [-0.1, -0.05) is 42.5 Å². The van der Waals surface area contributed by atoms with Gasteiger partial charge in [0.25, 0.3) is 0 Å². The van der Waals surface area contributed by atoms with E-state index < -0.39 is 5.97 Å². The number of aliphatic carboxylic acids is 1. The minimum absolute atomic E-state index is 0.0255. The fraction of sp³-hybridized carbons (Fsp3) is 0.111. The molecular weight excluding hydrogens is 262 g/mol. The van der Waals surface area contributed by atoms with Crippen LogP contribution in [0.2, 0.25) is 0 Å². The smallest absolute Gasteiger partial charge is 0.314 e. The molecule has 3 nitrogen and oxygen atoms in total.